The zero-order chi connectivity index (χ0) is 17.3. The lowest BCUT2D eigenvalue weighted by molar-refractivity contribution is 0.337. The first-order valence-electron chi connectivity index (χ1n) is 9.46. The molecule has 1 aromatic carbocycles. The first kappa shape index (κ1) is 18.4. The fourth-order valence-electron chi connectivity index (χ4n) is 3.73. The molecule has 0 aliphatic heterocycles. The molecule has 1 heteroatoms. The molecule has 0 bridgehead atoms. The molecule has 1 aliphatic carbocycles. The Morgan fingerprint density at radius 2 is 1.52 bits per heavy atom. The molecule has 0 amide bonds. The minimum absolute atomic E-state index is 0.0229. The lowest BCUT2D eigenvalue weighted by Crippen LogP contribution is -2.18. The van der Waals surface area contributed by atoms with Crippen molar-refractivity contribution in [2.45, 2.75) is 97.3 Å². The van der Waals surface area contributed by atoms with Crippen LogP contribution in [0.3, 0.4) is 0 Å². The Bertz CT molecular complexity index is 522. The molecule has 0 saturated heterocycles. The standard InChI is InChI=1S/C22H36O/c1-21(2,3)18-14-17(13-12-16-10-8-7-9-11-16)20(23)19(15-18)22(4,5)6/h14-16,23H,7-13H2,1-6H3. The maximum absolute atomic E-state index is 10.8. The number of rotatable bonds is 3. The lowest BCUT2D eigenvalue weighted by Gasteiger charge is -2.28. The highest BCUT2D eigenvalue weighted by atomic mass is 16.3. The van der Waals surface area contributed by atoms with E-state index in [2.05, 4.69) is 53.7 Å². The van der Waals surface area contributed by atoms with Crippen LogP contribution in [0.2, 0.25) is 0 Å². The molecule has 1 fully saturated rings. The predicted octanol–water partition coefficient (Wildman–Crippen LogP) is 6.50. The minimum Gasteiger partial charge on any atom is -0.507 e. The second-order valence-corrected chi connectivity index (χ2v) is 9.57. The fraction of sp³-hybridized carbons (Fsp3) is 0.727. The average Bonchev–Trinajstić information content (AvgIpc) is 2.44. The third-order valence-electron chi connectivity index (χ3n) is 5.41. The van der Waals surface area contributed by atoms with Crippen molar-refractivity contribution in [3.05, 3.63) is 28.8 Å². The summed E-state index contributed by atoms with van der Waals surface area (Å²) in [6, 6.07) is 4.48. The number of hydrogen-bond acceptors (Lipinski definition) is 1. The normalized spacial score (nSPS) is 17.5. The van der Waals surface area contributed by atoms with Gasteiger partial charge < -0.3 is 5.11 Å². The van der Waals surface area contributed by atoms with Gasteiger partial charge in [0.25, 0.3) is 0 Å². The Balaban J connectivity index is 2.29. The predicted molar refractivity (Wildman–Crippen MR) is 100 cm³/mol. The first-order chi connectivity index (χ1) is 10.6. The Labute approximate surface area is 143 Å². The van der Waals surface area contributed by atoms with E-state index in [0.29, 0.717) is 5.75 Å². The molecule has 1 saturated carbocycles. The van der Waals surface area contributed by atoms with Gasteiger partial charge in [-0.05, 0) is 46.3 Å². The molecule has 0 spiro atoms. The number of hydrogen-bond donors (Lipinski definition) is 1. The minimum atomic E-state index is -0.0229. The van der Waals surface area contributed by atoms with E-state index in [-0.39, 0.29) is 10.8 Å². The van der Waals surface area contributed by atoms with Gasteiger partial charge in [-0.25, -0.2) is 0 Å². The number of aromatic hydroxyl groups is 1. The van der Waals surface area contributed by atoms with Crippen molar-refractivity contribution in [1.29, 1.82) is 0 Å². The van der Waals surface area contributed by atoms with E-state index < -0.39 is 0 Å². The topological polar surface area (TPSA) is 20.2 Å². The molecule has 0 atom stereocenters. The van der Waals surface area contributed by atoms with E-state index in [4.69, 9.17) is 0 Å². The first-order valence-corrected chi connectivity index (χ1v) is 9.46. The Kier molecular flexibility index (Phi) is 5.48. The van der Waals surface area contributed by atoms with Gasteiger partial charge in [0.2, 0.25) is 0 Å². The van der Waals surface area contributed by atoms with E-state index in [9.17, 15) is 5.11 Å². The molecule has 130 valence electrons. The van der Waals surface area contributed by atoms with Crippen LogP contribution in [0.4, 0.5) is 0 Å². The summed E-state index contributed by atoms with van der Waals surface area (Å²) in [7, 11) is 0. The van der Waals surface area contributed by atoms with Gasteiger partial charge in [0.1, 0.15) is 5.75 Å². The number of benzene rings is 1. The molecular weight excluding hydrogens is 280 g/mol. The highest BCUT2D eigenvalue weighted by Crippen LogP contribution is 2.39. The Hall–Kier alpha value is -0.980. The van der Waals surface area contributed by atoms with E-state index in [1.807, 2.05) is 0 Å². The number of aryl methyl sites for hydroxylation is 1. The van der Waals surface area contributed by atoms with Gasteiger partial charge >= 0.3 is 0 Å². The van der Waals surface area contributed by atoms with Crippen molar-refractivity contribution < 1.29 is 5.11 Å². The summed E-state index contributed by atoms with van der Waals surface area (Å²) in [6.45, 7) is 13.4. The van der Waals surface area contributed by atoms with Crippen LogP contribution in [-0.2, 0) is 17.3 Å². The molecule has 1 aromatic rings. The van der Waals surface area contributed by atoms with Crippen LogP contribution in [0.1, 0.15) is 96.8 Å². The molecule has 1 aliphatic rings. The quantitative estimate of drug-likeness (QED) is 0.674. The number of phenolic OH excluding ortho intramolecular Hbond substituents is 1. The zero-order valence-corrected chi connectivity index (χ0v) is 16.1. The summed E-state index contributed by atoms with van der Waals surface area (Å²) in [5.41, 5.74) is 3.70. The summed E-state index contributed by atoms with van der Waals surface area (Å²) in [4.78, 5) is 0. The van der Waals surface area contributed by atoms with Crippen LogP contribution >= 0.6 is 0 Å². The van der Waals surface area contributed by atoms with Crippen molar-refractivity contribution in [2.75, 3.05) is 0 Å². The van der Waals surface area contributed by atoms with Crippen LogP contribution in [0.5, 0.6) is 5.75 Å². The van der Waals surface area contributed by atoms with Crippen molar-refractivity contribution in [3.8, 4) is 5.75 Å². The molecule has 2 rings (SSSR count). The van der Waals surface area contributed by atoms with Gasteiger partial charge in [-0.1, -0.05) is 85.8 Å². The molecule has 0 heterocycles. The highest BCUT2D eigenvalue weighted by molar-refractivity contribution is 5.48. The summed E-state index contributed by atoms with van der Waals surface area (Å²) in [5, 5.41) is 10.8. The van der Waals surface area contributed by atoms with Crippen LogP contribution in [0, 0.1) is 5.92 Å². The van der Waals surface area contributed by atoms with Crippen molar-refractivity contribution in [3.63, 3.8) is 0 Å². The summed E-state index contributed by atoms with van der Waals surface area (Å²) >= 11 is 0. The molecule has 1 nitrogen and oxygen atoms in total. The maximum atomic E-state index is 10.8. The van der Waals surface area contributed by atoms with Crippen LogP contribution in [0.15, 0.2) is 12.1 Å². The smallest absolute Gasteiger partial charge is 0.122 e. The third-order valence-corrected chi connectivity index (χ3v) is 5.41. The van der Waals surface area contributed by atoms with E-state index in [1.54, 1.807) is 0 Å². The largest absolute Gasteiger partial charge is 0.507 e. The Morgan fingerprint density at radius 3 is 2.04 bits per heavy atom. The Morgan fingerprint density at radius 1 is 0.913 bits per heavy atom. The molecule has 1 N–H and O–H groups in total. The van der Waals surface area contributed by atoms with Gasteiger partial charge in [0.05, 0.1) is 0 Å². The zero-order valence-electron chi connectivity index (χ0n) is 16.1. The van der Waals surface area contributed by atoms with E-state index in [1.165, 1.54) is 44.1 Å². The molecule has 23 heavy (non-hydrogen) atoms. The number of phenols is 1. The molecule has 0 unspecified atom stereocenters. The molecule has 0 radical (unpaired) electrons. The van der Waals surface area contributed by atoms with Gasteiger partial charge in [-0.3, -0.25) is 0 Å². The van der Waals surface area contributed by atoms with Crippen molar-refractivity contribution in [1.82, 2.24) is 0 Å². The van der Waals surface area contributed by atoms with E-state index in [0.717, 1.165) is 23.5 Å². The lowest BCUT2D eigenvalue weighted by atomic mass is 9.77. The van der Waals surface area contributed by atoms with Gasteiger partial charge in [0.15, 0.2) is 0 Å². The van der Waals surface area contributed by atoms with E-state index >= 15 is 0 Å². The molecular formula is C22H36O. The van der Waals surface area contributed by atoms with Gasteiger partial charge in [-0.15, -0.1) is 0 Å². The highest BCUT2D eigenvalue weighted by Gasteiger charge is 2.25. The third kappa shape index (κ3) is 4.75. The average molecular weight is 317 g/mol. The van der Waals surface area contributed by atoms with Crippen molar-refractivity contribution >= 4 is 0 Å². The second kappa shape index (κ2) is 6.87. The summed E-state index contributed by atoms with van der Waals surface area (Å²) in [5.74, 6) is 1.40. The summed E-state index contributed by atoms with van der Waals surface area (Å²) < 4.78 is 0. The van der Waals surface area contributed by atoms with Gasteiger partial charge in [-0.2, -0.15) is 0 Å². The van der Waals surface area contributed by atoms with Gasteiger partial charge in [0, 0.05) is 0 Å². The SMILES string of the molecule is CC(C)(C)c1cc(CCC2CCCCC2)c(O)c(C(C)(C)C)c1. The fourth-order valence-corrected chi connectivity index (χ4v) is 3.73. The second-order valence-electron chi connectivity index (χ2n) is 9.57. The van der Waals surface area contributed by atoms with Crippen LogP contribution in [0.25, 0.3) is 0 Å². The summed E-state index contributed by atoms with van der Waals surface area (Å²) in [6.07, 6.45) is 9.21. The van der Waals surface area contributed by atoms with Crippen LogP contribution in [-0.4, -0.2) is 5.11 Å². The maximum Gasteiger partial charge on any atom is 0.122 e. The monoisotopic (exact) mass is 316 g/mol. The molecule has 0 aromatic heterocycles. The van der Waals surface area contributed by atoms with Crippen LogP contribution < -0.4 is 0 Å². The van der Waals surface area contributed by atoms with Crippen molar-refractivity contribution in [2.24, 2.45) is 5.92 Å².